The Kier molecular flexibility index (Phi) is 6.59. The fraction of sp³-hybridized carbons (Fsp3) is 0.375. The van der Waals surface area contributed by atoms with Crippen LogP contribution in [-0.2, 0) is 0 Å². The van der Waals surface area contributed by atoms with Crippen molar-refractivity contribution in [2.75, 3.05) is 6.54 Å². The average molecular weight is 323 g/mol. The summed E-state index contributed by atoms with van der Waals surface area (Å²) in [6, 6.07) is 9.68. The second kappa shape index (κ2) is 7.96. The van der Waals surface area contributed by atoms with Crippen molar-refractivity contribution >= 4 is 18.3 Å². The Morgan fingerprint density at radius 1 is 1.27 bits per heavy atom. The summed E-state index contributed by atoms with van der Waals surface area (Å²) in [5, 5.41) is 7.11. The predicted molar refractivity (Wildman–Crippen MR) is 90.6 cm³/mol. The molecule has 1 amide bonds. The van der Waals surface area contributed by atoms with Crippen LogP contribution in [0.1, 0.15) is 37.0 Å². The molecular weight excluding hydrogens is 300 g/mol. The van der Waals surface area contributed by atoms with Gasteiger partial charge in [-0.25, -0.2) is 4.68 Å². The summed E-state index contributed by atoms with van der Waals surface area (Å²) >= 11 is 0. The molecule has 0 unspecified atom stereocenters. The maximum absolute atomic E-state index is 12.1. The molecule has 2 rings (SSSR count). The highest BCUT2D eigenvalue weighted by molar-refractivity contribution is 5.93. The van der Waals surface area contributed by atoms with Crippen molar-refractivity contribution in [3.05, 3.63) is 48.3 Å². The first-order chi connectivity index (χ1) is 10.1. The van der Waals surface area contributed by atoms with Crippen LogP contribution in [0.15, 0.2) is 42.7 Å². The SMILES string of the molecule is CCC(N)(CC)CNC(=O)c1cnn(-c2ccccc2)c1.Cl. The summed E-state index contributed by atoms with van der Waals surface area (Å²) in [7, 11) is 0. The molecule has 6 heteroatoms. The topological polar surface area (TPSA) is 72.9 Å². The molecule has 3 N–H and O–H groups in total. The molecule has 0 aliphatic carbocycles. The molecule has 1 aromatic carbocycles. The number of aromatic nitrogens is 2. The molecule has 5 nitrogen and oxygen atoms in total. The molecule has 0 spiro atoms. The number of halogens is 1. The average Bonchev–Trinajstić information content (AvgIpc) is 3.03. The van der Waals surface area contributed by atoms with Crippen molar-refractivity contribution in [3.8, 4) is 5.69 Å². The van der Waals surface area contributed by atoms with Crippen LogP contribution >= 0.6 is 12.4 Å². The Labute approximate surface area is 137 Å². The van der Waals surface area contributed by atoms with Gasteiger partial charge in [0.15, 0.2) is 0 Å². The van der Waals surface area contributed by atoms with Gasteiger partial charge in [0.1, 0.15) is 0 Å². The van der Waals surface area contributed by atoms with Gasteiger partial charge in [-0.15, -0.1) is 12.4 Å². The molecule has 0 saturated carbocycles. The van der Waals surface area contributed by atoms with Gasteiger partial charge in [-0.3, -0.25) is 4.79 Å². The van der Waals surface area contributed by atoms with E-state index in [4.69, 9.17) is 5.73 Å². The first kappa shape index (κ1) is 18.2. The Hall–Kier alpha value is -1.85. The standard InChI is InChI=1S/C16H22N4O.ClH/c1-3-16(17,4-2)12-18-15(21)13-10-19-20(11-13)14-8-6-5-7-9-14;/h5-11H,3-4,12,17H2,1-2H3,(H,18,21);1H. The van der Waals surface area contributed by atoms with E-state index in [1.54, 1.807) is 17.1 Å². The zero-order chi connectivity index (χ0) is 15.3. The van der Waals surface area contributed by atoms with E-state index in [1.807, 2.05) is 44.2 Å². The zero-order valence-corrected chi connectivity index (χ0v) is 13.8. The van der Waals surface area contributed by atoms with Crippen molar-refractivity contribution in [2.45, 2.75) is 32.2 Å². The number of hydrogen-bond acceptors (Lipinski definition) is 3. The monoisotopic (exact) mass is 322 g/mol. The lowest BCUT2D eigenvalue weighted by molar-refractivity contribution is 0.0942. The molecule has 120 valence electrons. The van der Waals surface area contributed by atoms with Crippen molar-refractivity contribution in [3.63, 3.8) is 0 Å². The van der Waals surface area contributed by atoms with Crippen molar-refractivity contribution in [1.82, 2.24) is 15.1 Å². The van der Waals surface area contributed by atoms with Crippen molar-refractivity contribution in [2.24, 2.45) is 5.73 Å². The van der Waals surface area contributed by atoms with E-state index >= 15 is 0 Å². The van der Waals surface area contributed by atoms with Crippen LogP contribution in [0.4, 0.5) is 0 Å². The number of nitrogens with one attached hydrogen (secondary N) is 1. The molecule has 0 aliphatic rings. The predicted octanol–water partition coefficient (Wildman–Crippen LogP) is 2.54. The largest absolute Gasteiger partial charge is 0.350 e. The molecule has 0 atom stereocenters. The lowest BCUT2D eigenvalue weighted by Gasteiger charge is -2.26. The van der Waals surface area contributed by atoms with Gasteiger partial charge < -0.3 is 11.1 Å². The Morgan fingerprint density at radius 2 is 1.91 bits per heavy atom. The number of hydrogen-bond donors (Lipinski definition) is 2. The van der Waals surface area contributed by atoms with E-state index in [0.717, 1.165) is 18.5 Å². The highest BCUT2D eigenvalue weighted by Gasteiger charge is 2.21. The summed E-state index contributed by atoms with van der Waals surface area (Å²) in [5.41, 5.74) is 7.30. The van der Waals surface area contributed by atoms with Crippen molar-refractivity contribution < 1.29 is 4.79 Å². The third-order valence-corrected chi connectivity index (χ3v) is 3.87. The number of amides is 1. The van der Waals surface area contributed by atoms with E-state index in [0.29, 0.717) is 12.1 Å². The first-order valence-electron chi connectivity index (χ1n) is 7.25. The number of benzene rings is 1. The highest BCUT2D eigenvalue weighted by atomic mass is 35.5. The summed E-state index contributed by atoms with van der Waals surface area (Å²) in [6.07, 6.45) is 4.94. The summed E-state index contributed by atoms with van der Waals surface area (Å²) in [4.78, 5) is 12.1. The molecular formula is C16H23ClN4O. The number of carbonyl (C=O) groups is 1. The van der Waals surface area contributed by atoms with Crippen LogP contribution in [0.25, 0.3) is 5.69 Å². The maximum atomic E-state index is 12.1. The minimum Gasteiger partial charge on any atom is -0.350 e. The van der Waals surface area contributed by atoms with Gasteiger partial charge in [0, 0.05) is 18.3 Å². The second-order valence-electron chi connectivity index (χ2n) is 5.26. The number of nitrogens with two attached hydrogens (primary N) is 1. The molecule has 0 radical (unpaired) electrons. The minimum atomic E-state index is -0.342. The van der Waals surface area contributed by atoms with Gasteiger partial charge >= 0.3 is 0 Å². The Bertz CT molecular complexity index is 593. The van der Waals surface area contributed by atoms with E-state index in [1.165, 1.54) is 0 Å². The van der Waals surface area contributed by atoms with Crippen LogP contribution in [0.5, 0.6) is 0 Å². The fourth-order valence-corrected chi connectivity index (χ4v) is 2.02. The van der Waals surface area contributed by atoms with E-state index in [9.17, 15) is 4.79 Å². The van der Waals surface area contributed by atoms with Gasteiger partial charge in [0.05, 0.1) is 17.4 Å². The third-order valence-electron chi connectivity index (χ3n) is 3.87. The molecule has 0 bridgehead atoms. The molecule has 1 aromatic heterocycles. The zero-order valence-electron chi connectivity index (χ0n) is 13.0. The third kappa shape index (κ3) is 4.32. The smallest absolute Gasteiger partial charge is 0.254 e. The molecule has 0 aliphatic heterocycles. The summed E-state index contributed by atoms with van der Waals surface area (Å²) < 4.78 is 1.68. The van der Waals surface area contributed by atoms with Gasteiger partial charge in [-0.05, 0) is 25.0 Å². The number of nitrogens with zero attached hydrogens (tertiary/aromatic N) is 2. The first-order valence-corrected chi connectivity index (χ1v) is 7.25. The van der Waals surface area contributed by atoms with Crippen LogP contribution < -0.4 is 11.1 Å². The summed E-state index contributed by atoms with van der Waals surface area (Å²) in [6.45, 7) is 4.53. The van der Waals surface area contributed by atoms with Crippen molar-refractivity contribution in [1.29, 1.82) is 0 Å². The lowest BCUT2D eigenvalue weighted by atomic mass is 9.94. The van der Waals surface area contributed by atoms with Gasteiger partial charge in [-0.2, -0.15) is 5.10 Å². The Balaban J connectivity index is 0.00000242. The molecule has 2 aromatic rings. The molecule has 0 saturated heterocycles. The number of para-hydroxylation sites is 1. The van der Waals surface area contributed by atoms with E-state index in [2.05, 4.69) is 10.4 Å². The molecule has 0 fully saturated rings. The van der Waals surface area contributed by atoms with Gasteiger partial charge in [-0.1, -0.05) is 32.0 Å². The van der Waals surface area contributed by atoms with Crippen LogP contribution in [0.3, 0.4) is 0 Å². The molecule has 22 heavy (non-hydrogen) atoms. The second-order valence-corrected chi connectivity index (χ2v) is 5.26. The quantitative estimate of drug-likeness (QED) is 0.858. The van der Waals surface area contributed by atoms with Crippen LogP contribution in [-0.4, -0.2) is 27.8 Å². The number of carbonyl (C=O) groups excluding carboxylic acids is 1. The maximum Gasteiger partial charge on any atom is 0.254 e. The fourth-order valence-electron chi connectivity index (χ4n) is 2.02. The molecule has 1 heterocycles. The number of rotatable bonds is 6. The summed E-state index contributed by atoms with van der Waals surface area (Å²) in [5.74, 6) is -0.145. The van der Waals surface area contributed by atoms with Gasteiger partial charge in [0.25, 0.3) is 5.91 Å². The normalized spacial score (nSPS) is 10.9. The van der Waals surface area contributed by atoms with Crippen LogP contribution in [0.2, 0.25) is 0 Å². The van der Waals surface area contributed by atoms with Gasteiger partial charge in [0.2, 0.25) is 0 Å². The van der Waals surface area contributed by atoms with E-state index < -0.39 is 0 Å². The Morgan fingerprint density at radius 3 is 2.50 bits per heavy atom. The minimum absolute atomic E-state index is 0. The van der Waals surface area contributed by atoms with Crippen LogP contribution in [0, 0.1) is 0 Å². The van der Waals surface area contributed by atoms with E-state index in [-0.39, 0.29) is 23.9 Å². The highest BCUT2D eigenvalue weighted by Crippen LogP contribution is 2.11. The lowest BCUT2D eigenvalue weighted by Crippen LogP contribution is -2.49.